The second kappa shape index (κ2) is 8.12. The van der Waals surface area contributed by atoms with Crippen molar-refractivity contribution < 1.29 is 4.79 Å². The van der Waals surface area contributed by atoms with Gasteiger partial charge in [0.25, 0.3) is 0 Å². The van der Waals surface area contributed by atoms with Crippen LogP contribution in [0.5, 0.6) is 0 Å². The van der Waals surface area contributed by atoms with Crippen LogP contribution in [0.1, 0.15) is 25.7 Å². The Bertz CT molecular complexity index is 496. The lowest BCUT2D eigenvalue weighted by Crippen LogP contribution is -1.83. The van der Waals surface area contributed by atoms with Gasteiger partial charge in [-0.25, -0.2) is 4.98 Å². The van der Waals surface area contributed by atoms with Crippen LogP contribution in [0.3, 0.4) is 0 Å². The fourth-order valence-electron chi connectivity index (χ4n) is 1.73. The molecule has 0 amide bonds. The van der Waals surface area contributed by atoms with Gasteiger partial charge in [-0.15, -0.1) is 11.3 Å². The number of benzene rings is 1. The van der Waals surface area contributed by atoms with Gasteiger partial charge in [-0.3, -0.25) is 0 Å². The quantitative estimate of drug-likeness (QED) is 0.402. The van der Waals surface area contributed by atoms with Crippen molar-refractivity contribution in [2.24, 2.45) is 0 Å². The van der Waals surface area contributed by atoms with Gasteiger partial charge in [0.1, 0.15) is 6.29 Å². The zero-order valence-corrected chi connectivity index (χ0v) is 12.4. The molecule has 19 heavy (non-hydrogen) atoms. The van der Waals surface area contributed by atoms with Crippen LogP contribution < -0.4 is 0 Å². The first-order chi connectivity index (χ1) is 9.40. The summed E-state index contributed by atoms with van der Waals surface area (Å²) in [5.41, 5.74) is 2.24. The number of rotatable bonds is 8. The third kappa shape index (κ3) is 4.80. The molecule has 2 aromatic rings. The maximum absolute atomic E-state index is 10.2. The first kappa shape index (κ1) is 14.3. The van der Waals surface area contributed by atoms with E-state index in [2.05, 4.69) is 22.5 Å². The van der Waals surface area contributed by atoms with E-state index in [9.17, 15) is 4.79 Å². The molecular weight excluding hydrogens is 274 g/mol. The fraction of sp³-hybridized carbons (Fsp3) is 0.333. The van der Waals surface area contributed by atoms with E-state index in [1.54, 1.807) is 11.3 Å². The number of nitrogens with zero attached hydrogens (tertiary/aromatic N) is 1. The summed E-state index contributed by atoms with van der Waals surface area (Å²) in [6.07, 6.45) is 4.98. The van der Waals surface area contributed by atoms with Crippen molar-refractivity contribution in [3.63, 3.8) is 0 Å². The molecule has 0 radical (unpaired) electrons. The van der Waals surface area contributed by atoms with E-state index in [-0.39, 0.29) is 0 Å². The van der Waals surface area contributed by atoms with Crippen LogP contribution in [-0.2, 0) is 4.79 Å². The van der Waals surface area contributed by atoms with Crippen LogP contribution in [-0.4, -0.2) is 17.0 Å². The van der Waals surface area contributed by atoms with E-state index >= 15 is 0 Å². The van der Waals surface area contributed by atoms with E-state index in [1.165, 1.54) is 5.56 Å². The Labute approximate surface area is 122 Å². The predicted molar refractivity (Wildman–Crippen MR) is 82.8 cm³/mol. The molecule has 0 saturated heterocycles. The lowest BCUT2D eigenvalue weighted by molar-refractivity contribution is -0.107. The molecule has 0 saturated carbocycles. The Balaban J connectivity index is 1.77. The van der Waals surface area contributed by atoms with Crippen molar-refractivity contribution in [2.45, 2.75) is 30.0 Å². The molecule has 0 bridgehead atoms. The second-order valence-corrected chi connectivity index (χ2v) is 6.43. The van der Waals surface area contributed by atoms with Crippen LogP contribution in [0.4, 0.5) is 0 Å². The van der Waals surface area contributed by atoms with Gasteiger partial charge in [-0.2, -0.15) is 0 Å². The Hall–Kier alpha value is -1.13. The molecule has 1 heterocycles. The normalized spacial score (nSPS) is 10.5. The predicted octanol–water partition coefficient (Wildman–Crippen LogP) is 4.66. The minimum atomic E-state index is 0.695. The summed E-state index contributed by atoms with van der Waals surface area (Å²) in [5.74, 6) is 1.08. The zero-order valence-electron chi connectivity index (χ0n) is 10.7. The van der Waals surface area contributed by atoms with Crippen LogP contribution in [0.2, 0.25) is 0 Å². The maximum atomic E-state index is 10.2. The fourth-order valence-corrected chi connectivity index (χ4v) is 3.64. The maximum Gasteiger partial charge on any atom is 0.150 e. The smallest absolute Gasteiger partial charge is 0.150 e. The number of thiazole rings is 1. The van der Waals surface area contributed by atoms with Crippen LogP contribution in [0.25, 0.3) is 11.3 Å². The molecule has 0 aliphatic rings. The molecule has 0 aliphatic heterocycles. The van der Waals surface area contributed by atoms with Crippen LogP contribution in [0.15, 0.2) is 40.1 Å². The monoisotopic (exact) mass is 291 g/mol. The molecule has 100 valence electrons. The highest BCUT2D eigenvalue weighted by Crippen LogP contribution is 2.28. The highest BCUT2D eigenvalue weighted by atomic mass is 32.2. The topological polar surface area (TPSA) is 30.0 Å². The van der Waals surface area contributed by atoms with Gasteiger partial charge in [0, 0.05) is 23.1 Å². The molecule has 1 aromatic carbocycles. The van der Waals surface area contributed by atoms with Gasteiger partial charge in [0.2, 0.25) is 0 Å². The average Bonchev–Trinajstić information content (AvgIpc) is 2.92. The van der Waals surface area contributed by atoms with Crippen LogP contribution in [0, 0.1) is 0 Å². The first-order valence-electron chi connectivity index (χ1n) is 6.47. The van der Waals surface area contributed by atoms with E-state index < -0.39 is 0 Å². The SMILES string of the molecule is O=CCCCCCSc1nc(-c2ccccc2)cs1. The summed E-state index contributed by atoms with van der Waals surface area (Å²) >= 11 is 3.52. The number of unbranched alkanes of at least 4 members (excludes halogenated alkanes) is 3. The molecule has 2 rings (SSSR count). The molecule has 0 fully saturated rings. The summed E-state index contributed by atoms with van der Waals surface area (Å²) in [7, 11) is 0. The van der Waals surface area contributed by atoms with Crippen molar-refractivity contribution >= 4 is 29.4 Å². The van der Waals surface area contributed by atoms with Crippen molar-refractivity contribution in [3.05, 3.63) is 35.7 Å². The third-order valence-corrected chi connectivity index (χ3v) is 4.85. The van der Waals surface area contributed by atoms with E-state index in [1.807, 2.05) is 30.0 Å². The van der Waals surface area contributed by atoms with Crippen molar-refractivity contribution in [1.82, 2.24) is 4.98 Å². The molecule has 4 heteroatoms. The van der Waals surface area contributed by atoms with E-state index in [4.69, 9.17) is 0 Å². The van der Waals surface area contributed by atoms with Gasteiger partial charge < -0.3 is 4.79 Å². The molecule has 0 atom stereocenters. The largest absolute Gasteiger partial charge is 0.303 e. The average molecular weight is 291 g/mol. The summed E-state index contributed by atoms with van der Waals surface area (Å²) in [6.45, 7) is 0. The van der Waals surface area contributed by atoms with Crippen molar-refractivity contribution in [3.8, 4) is 11.3 Å². The number of hydrogen-bond donors (Lipinski definition) is 0. The molecule has 0 unspecified atom stereocenters. The Kier molecular flexibility index (Phi) is 6.11. The second-order valence-electron chi connectivity index (χ2n) is 4.23. The van der Waals surface area contributed by atoms with Gasteiger partial charge in [-0.1, -0.05) is 48.5 Å². The highest BCUT2D eigenvalue weighted by Gasteiger charge is 2.04. The molecular formula is C15H17NOS2. The number of aldehydes is 1. The Morgan fingerprint density at radius 3 is 2.79 bits per heavy atom. The minimum absolute atomic E-state index is 0.695. The third-order valence-electron chi connectivity index (χ3n) is 2.74. The molecule has 0 spiro atoms. The first-order valence-corrected chi connectivity index (χ1v) is 8.34. The molecule has 0 N–H and O–H groups in total. The number of aromatic nitrogens is 1. The molecule has 2 nitrogen and oxygen atoms in total. The van der Waals surface area contributed by atoms with E-state index in [0.717, 1.165) is 41.3 Å². The van der Waals surface area contributed by atoms with Gasteiger partial charge in [0.15, 0.2) is 4.34 Å². The number of carbonyl (C=O) groups is 1. The molecule has 0 aliphatic carbocycles. The van der Waals surface area contributed by atoms with Gasteiger partial charge >= 0.3 is 0 Å². The summed E-state index contributed by atoms with van der Waals surface area (Å²) in [4.78, 5) is 14.8. The minimum Gasteiger partial charge on any atom is -0.303 e. The Morgan fingerprint density at radius 1 is 1.16 bits per heavy atom. The Morgan fingerprint density at radius 2 is 2.00 bits per heavy atom. The lowest BCUT2D eigenvalue weighted by Gasteiger charge is -1.97. The zero-order chi connectivity index (χ0) is 13.3. The summed E-state index contributed by atoms with van der Waals surface area (Å²) in [6, 6.07) is 10.3. The van der Waals surface area contributed by atoms with Crippen molar-refractivity contribution in [2.75, 3.05) is 5.75 Å². The lowest BCUT2D eigenvalue weighted by atomic mass is 10.2. The van der Waals surface area contributed by atoms with Gasteiger partial charge in [0.05, 0.1) is 5.69 Å². The number of thioether (sulfide) groups is 1. The molecule has 1 aromatic heterocycles. The van der Waals surface area contributed by atoms with Crippen molar-refractivity contribution in [1.29, 1.82) is 0 Å². The number of carbonyl (C=O) groups excluding carboxylic acids is 1. The van der Waals surface area contributed by atoms with Gasteiger partial charge in [-0.05, 0) is 12.8 Å². The number of hydrogen-bond acceptors (Lipinski definition) is 4. The summed E-state index contributed by atoms with van der Waals surface area (Å²) in [5, 5.41) is 2.12. The highest BCUT2D eigenvalue weighted by molar-refractivity contribution is 8.01. The summed E-state index contributed by atoms with van der Waals surface area (Å²) < 4.78 is 1.13. The standard InChI is InChI=1S/C15H17NOS2/c17-10-6-1-2-7-11-18-15-16-14(12-19-15)13-8-4-3-5-9-13/h3-5,8-10,12H,1-2,6-7,11H2. The van der Waals surface area contributed by atoms with Crippen LogP contribution >= 0.6 is 23.1 Å². The van der Waals surface area contributed by atoms with E-state index in [0.29, 0.717) is 6.42 Å².